The van der Waals surface area contributed by atoms with Crippen molar-refractivity contribution in [1.82, 2.24) is 10.9 Å². The van der Waals surface area contributed by atoms with Crippen LogP contribution < -0.4 is 20.9 Å². The Labute approximate surface area is 180 Å². The molecule has 0 fully saturated rings. The van der Waals surface area contributed by atoms with Crippen LogP contribution in [0.4, 0.5) is 5.69 Å². The lowest BCUT2D eigenvalue weighted by atomic mass is 10.2. The first-order valence-electron chi connectivity index (χ1n) is 9.43. The molecule has 158 valence electrons. The molecule has 2 aromatic rings. The molecular weight excluding hydrogens is 406 g/mol. The van der Waals surface area contributed by atoms with E-state index in [0.717, 1.165) is 16.9 Å². The molecule has 30 heavy (non-hydrogen) atoms. The molecule has 0 aromatic heterocycles. The number of nitrogens with one attached hydrogen (secondary N) is 3. The Morgan fingerprint density at radius 1 is 1.00 bits per heavy atom. The van der Waals surface area contributed by atoms with Crippen LogP contribution in [0.25, 0.3) is 6.08 Å². The van der Waals surface area contributed by atoms with Crippen LogP contribution in [-0.2, 0) is 14.4 Å². The number of anilines is 1. The van der Waals surface area contributed by atoms with E-state index in [1.807, 2.05) is 19.1 Å². The largest absolute Gasteiger partial charge is 0.494 e. The number of halogens is 1. The zero-order valence-corrected chi connectivity index (χ0v) is 17.6. The maximum Gasteiger partial charge on any atom is 0.262 e. The zero-order chi connectivity index (χ0) is 21.9. The van der Waals surface area contributed by atoms with Gasteiger partial charge in [-0.1, -0.05) is 29.8 Å². The van der Waals surface area contributed by atoms with Crippen molar-refractivity contribution < 1.29 is 19.1 Å². The van der Waals surface area contributed by atoms with Gasteiger partial charge in [0.2, 0.25) is 11.8 Å². The summed E-state index contributed by atoms with van der Waals surface area (Å²) in [5, 5.41) is 3.26. The maximum atomic E-state index is 12.0. The van der Waals surface area contributed by atoms with Gasteiger partial charge in [0.1, 0.15) is 5.75 Å². The summed E-state index contributed by atoms with van der Waals surface area (Å²) >= 11 is 6.01. The van der Waals surface area contributed by atoms with Crippen molar-refractivity contribution in [2.24, 2.45) is 0 Å². The van der Waals surface area contributed by atoms with Crippen molar-refractivity contribution in [2.75, 3.05) is 11.9 Å². The fraction of sp³-hybridized carbons (Fsp3) is 0.227. The van der Waals surface area contributed by atoms with Crippen LogP contribution >= 0.6 is 11.6 Å². The van der Waals surface area contributed by atoms with Crippen LogP contribution in [0.2, 0.25) is 5.02 Å². The van der Waals surface area contributed by atoms with Crippen LogP contribution in [0.5, 0.6) is 5.75 Å². The average Bonchev–Trinajstić information content (AvgIpc) is 2.73. The van der Waals surface area contributed by atoms with E-state index in [1.54, 1.807) is 43.3 Å². The molecular formula is C22H24ClN3O4. The summed E-state index contributed by atoms with van der Waals surface area (Å²) in [4.78, 5) is 35.6. The standard InChI is InChI=1S/C22H24ClN3O4/c1-3-30-17-10-7-16(8-11-17)9-12-21(28)25-26-22(29)14-13-20(27)24-19-6-4-5-18(23)15(19)2/h4-12H,3,13-14H2,1-2H3,(H,24,27)(H,25,28)(H,26,29)/b12-9+. The number of amides is 3. The molecule has 0 saturated carbocycles. The molecule has 0 unspecified atom stereocenters. The van der Waals surface area contributed by atoms with Crippen LogP contribution in [0, 0.1) is 6.92 Å². The molecule has 0 bridgehead atoms. The molecule has 0 saturated heterocycles. The number of carbonyl (C=O) groups excluding carboxylic acids is 3. The van der Waals surface area contributed by atoms with Gasteiger partial charge in [0.25, 0.3) is 5.91 Å². The van der Waals surface area contributed by atoms with Gasteiger partial charge < -0.3 is 10.1 Å². The number of carbonyl (C=O) groups is 3. The Morgan fingerprint density at radius 3 is 2.40 bits per heavy atom. The van der Waals surface area contributed by atoms with E-state index < -0.39 is 11.8 Å². The van der Waals surface area contributed by atoms with E-state index in [4.69, 9.17) is 16.3 Å². The summed E-state index contributed by atoms with van der Waals surface area (Å²) in [6.45, 7) is 4.28. The van der Waals surface area contributed by atoms with E-state index in [9.17, 15) is 14.4 Å². The predicted octanol–water partition coefficient (Wildman–Crippen LogP) is 3.63. The lowest BCUT2D eigenvalue weighted by Crippen LogP contribution is -2.41. The highest BCUT2D eigenvalue weighted by molar-refractivity contribution is 6.31. The molecule has 3 N–H and O–H groups in total. The molecule has 0 spiro atoms. The van der Waals surface area contributed by atoms with E-state index in [-0.39, 0.29) is 18.7 Å². The van der Waals surface area contributed by atoms with E-state index in [2.05, 4.69) is 16.2 Å². The van der Waals surface area contributed by atoms with Crippen molar-refractivity contribution in [1.29, 1.82) is 0 Å². The number of ether oxygens (including phenoxy) is 1. The first-order valence-corrected chi connectivity index (χ1v) is 9.81. The Morgan fingerprint density at radius 2 is 1.70 bits per heavy atom. The third-order valence-corrected chi connectivity index (χ3v) is 4.47. The summed E-state index contributed by atoms with van der Waals surface area (Å²) in [5.41, 5.74) is 6.71. The number of benzene rings is 2. The van der Waals surface area contributed by atoms with Crippen LogP contribution in [0.15, 0.2) is 48.5 Å². The minimum Gasteiger partial charge on any atom is -0.494 e. The van der Waals surface area contributed by atoms with E-state index in [1.165, 1.54) is 6.08 Å². The number of rotatable bonds is 8. The first-order chi connectivity index (χ1) is 14.4. The van der Waals surface area contributed by atoms with Gasteiger partial charge in [0, 0.05) is 29.6 Å². The van der Waals surface area contributed by atoms with Gasteiger partial charge >= 0.3 is 0 Å². The monoisotopic (exact) mass is 429 g/mol. The second-order valence-electron chi connectivity index (χ2n) is 6.33. The van der Waals surface area contributed by atoms with Gasteiger partial charge in [0.05, 0.1) is 6.61 Å². The highest BCUT2D eigenvalue weighted by Crippen LogP contribution is 2.23. The Balaban J connectivity index is 1.71. The summed E-state index contributed by atoms with van der Waals surface area (Å²) in [5.74, 6) is -0.537. The SMILES string of the molecule is CCOc1ccc(/C=C/C(=O)NNC(=O)CCC(=O)Nc2cccc(Cl)c2C)cc1. The fourth-order valence-corrected chi connectivity index (χ4v) is 2.61. The molecule has 7 nitrogen and oxygen atoms in total. The topological polar surface area (TPSA) is 96.5 Å². The molecule has 3 amide bonds. The number of hydrazine groups is 1. The first kappa shape index (κ1) is 23.0. The van der Waals surface area contributed by atoms with Crippen molar-refractivity contribution in [3.63, 3.8) is 0 Å². The second kappa shape index (κ2) is 11.6. The van der Waals surface area contributed by atoms with Gasteiger partial charge in [-0.3, -0.25) is 25.2 Å². The molecule has 0 aliphatic heterocycles. The third-order valence-electron chi connectivity index (χ3n) is 4.06. The second-order valence-corrected chi connectivity index (χ2v) is 6.74. The van der Waals surface area contributed by atoms with Gasteiger partial charge in [-0.25, -0.2) is 0 Å². The average molecular weight is 430 g/mol. The zero-order valence-electron chi connectivity index (χ0n) is 16.8. The molecule has 2 aromatic carbocycles. The van der Waals surface area contributed by atoms with Crippen molar-refractivity contribution >= 4 is 41.1 Å². The van der Waals surface area contributed by atoms with Crippen molar-refractivity contribution in [3.05, 3.63) is 64.7 Å². The molecule has 2 rings (SSSR count). The number of hydrogen-bond donors (Lipinski definition) is 3. The Bertz CT molecular complexity index is 926. The molecule has 0 atom stereocenters. The molecule has 0 radical (unpaired) electrons. The van der Waals surface area contributed by atoms with E-state index >= 15 is 0 Å². The van der Waals surface area contributed by atoms with Gasteiger partial charge in [-0.2, -0.15) is 0 Å². The quantitative estimate of drug-likeness (QED) is 0.441. The van der Waals surface area contributed by atoms with Gasteiger partial charge in [-0.05, 0) is 55.3 Å². The lowest BCUT2D eigenvalue weighted by molar-refractivity contribution is -0.128. The summed E-state index contributed by atoms with van der Waals surface area (Å²) in [7, 11) is 0. The Hall–Kier alpha value is -3.32. The van der Waals surface area contributed by atoms with Crippen LogP contribution in [0.1, 0.15) is 30.9 Å². The minimum atomic E-state index is -0.490. The molecule has 0 aliphatic rings. The molecule has 0 heterocycles. The normalized spacial score (nSPS) is 10.5. The maximum absolute atomic E-state index is 12.0. The summed E-state index contributed by atoms with van der Waals surface area (Å²) in [6.07, 6.45) is 2.80. The van der Waals surface area contributed by atoms with Gasteiger partial charge in [-0.15, -0.1) is 0 Å². The molecule has 0 aliphatic carbocycles. The van der Waals surface area contributed by atoms with Gasteiger partial charge in [0.15, 0.2) is 0 Å². The summed E-state index contributed by atoms with van der Waals surface area (Å²) in [6, 6.07) is 12.4. The smallest absolute Gasteiger partial charge is 0.262 e. The predicted molar refractivity (Wildman–Crippen MR) is 117 cm³/mol. The lowest BCUT2D eigenvalue weighted by Gasteiger charge is -2.09. The van der Waals surface area contributed by atoms with Crippen LogP contribution in [-0.4, -0.2) is 24.3 Å². The fourth-order valence-electron chi connectivity index (χ4n) is 2.43. The number of hydrogen-bond acceptors (Lipinski definition) is 4. The molecule has 8 heteroatoms. The van der Waals surface area contributed by atoms with Crippen molar-refractivity contribution in [2.45, 2.75) is 26.7 Å². The van der Waals surface area contributed by atoms with E-state index in [0.29, 0.717) is 17.3 Å². The summed E-state index contributed by atoms with van der Waals surface area (Å²) < 4.78 is 5.35. The minimum absolute atomic E-state index is 0.0321. The van der Waals surface area contributed by atoms with Crippen LogP contribution in [0.3, 0.4) is 0 Å². The highest BCUT2D eigenvalue weighted by Gasteiger charge is 2.10. The third kappa shape index (κ3) is 7.60. The highest BCUT2D eigenvalue weighted by atomic mass is 35.5. The Kier molecular flexibility index (Phi) is 8.90. The van der Waals surface area contributed by atoms with Crippen molar-refractivity contribution in [3.8, 4) is 5.75 Å².